The number of aromatic nitrogens is 5. The molecule has 4 heterocycles. The molecule has 140 valence electrons. The zero-order valence-electron chi connectivity index (χ0n) is 14.1. The average Bonchev–Trinajstić information content (AvgIpc) is 3.03. The maximum Gasteiger partial charge on any atom is 0.287 e. The Labute approximate surface area is 165 Å². The van der Waals surface area contributed by atoms with Gasteiger partial charge in [0.1, 0.15) is 0 Å². The van der Waals surface area contributed by atoms with Crippen LogP contribution < -0.4 is 5.56 Å². The lowest BCUT2D eigenvalue weighted by molar-refractivity contribution is 0.159. The van der Waals surface area contributed by atoms with E-state index in [0.29, 0.717) is 23.5 Å². The van der Waals surface area contributed by atoms with Crippen molar-refractivity contribution in [1.82, 2.24) is 23.9 Å². The molecule has 5 rings (SSSR count). The van der Waals surface area contributed by atoms with Gasteiger partial charge in [0.15, 0.2) is 11.2 Å². The van der Waals surface area contributed by atoms with Crippen molar-refractivity contribution in [2.75, 3.05) is 13.2 Å². The number of aliphatic hydroxyl groups excluding tert-OH is 2. The van der Waals surface area contributed by atoms with E-state index in [1.54, 1.807) is 28.4 Å². The fourth-order valence-electron chi connectivity index (χ4n) is 3.66. The molecule has 0 unspecified atom stereocenters. The predicted octanol–water partition coefficient (Wildman–Crippen LogP) is 1.85. The van der Waals surface area contributed by atoms with Crippen LogP contribution in [-0.4, -0.2) is 47.3 Å². The molecule has 0 amide bonds. The second-order valence-corrected chi connectivity index (χ2v) is 9.49. The number of aliphatic hydroxyl groups is 2. The zero-order chi connectivity index (χ0) is 18.8. The van der Waals surface area contributed by atoms with Gasteiger partial charge in [-0.05, 0) is 40.4 Å². The van der Waals surface area contributed by atoms with Crippen molar-refractivity contribution in [2.45, 2.75) is 13.0 Å². The third-order valence-electron chi connectivity index (χ3n) is 5.39. The lowest BCUT2D eigenvalue weighted by atomic mass is 10.1. The van der Waals surface area contributed by atoms with Crippen LogP contribution in [0, 0.1) is 11.3 Å². The number of aromatic amines is 1. The highest BCUT2D eigenvalue weighted by atomic mass is 79.9. The molecule has 1 aliphatic carbocycles. The quantitative estimate of drug-likeness (QED) is 0.430. The van der Waals surface area contributed by atoms with Gasteiger partial charge in [-0.1, -0.05) is 0 Å². The summed E-state index contributed by atoms with van der Waals surface area (Å²) < 4.78 is 4.27. The Kier molecular flexibility index (Phi) is 3.80. The predicted molar refractivity (Wildman–Crippen MR) is 105 cm³/mol. The van der Waals surface area contributed by atoms with E-state index >= 15 is 0 Å². The Morgan fingerprint density at radius 3 is 2.93 bits per heavy atom. The summed E-state index contributed by atoms with van der Waals surface area (Å²) in [6.45, 7) is 0.502. The Bertz CT molecular complexity index is 1220. The fraction of sp³-hybridized carbons (Fsp3) is 0.353. The van der Waals surface area contributed by atoms with Crippen LogP contribution in [0.25, 0.3) is 27.5 Å². The number of halogens is 1. The van der Waals surface area contributed by atoms with E-state index in [0.717, 1.165) is 20.8 Å². The van der Waals surface area contributed by atoms with Gasteiger partial charge in [-0.2, -0.15) is 4.98 Å². The lowest BCUT2D eigenvalue weighted by Gasteiger charge is -2.14. The van der Waals surface area contributed by atoms with E-state index in [1.165, 1.54) is 4.40 Å². The van der Waals surface area contributed by atoms with E-state index in [9.17, 15) is 15.0 Å². The zero-order valence-corrected chi connectivity index (χ0v) is 16.5. The van der Waals surface area contributed by atoms with Gasteiger partial charge >= 0.3 is 0 Å². The van der Waals surface area contributed by atoms with Crippen LogP contribution in [-0.2, 0) is 6.54 Å². The summed E-state index contributed by atoms with van der Waals surface area (Å²) in [7, 11) is 0. The number of nitrogens with one attached hydrogen (secondary N) is 1. The molecule has 4 aromatic rings. The maximum atomic E-state index is 12.9. The van der Waals surface area contributed by atoms with Crippen molar-refractivity contribution in [3.63, 3.8) is 0 Å². The number of thiophene rings is 1. The number of hydrogen-bond acceptors (Lipinski definition) is 6. The van der Waals surface area contributed by atoms with E-state index in [4.69, 9.17) is 0 Å². The summed E-state index contributed by atoms with van der Waals surface area (Å²) in [5.74, 6) is 0.514. The number of rotatable bonds is 5. The summed E-state index contributed by atoms with van der Waals surface area (Å²) in [5.41, 5.74) is 0.986. The van der Waals surface area contributed by atoms with Gasteiger partial charge in [0.25, 0.3) is 5.56 Å². The molecule has 0 bridgehead atoms. The standard InChI is InChI=1S/C17H16BrN5O3S/c18-12-2-1-11(27-12)10-4-23-15(26)13-14(21-16(23)20-10)22(8-19-13)6-17(7-25)3-9(17)5-24/h1-2,4,8-9,24-25H,3,5-7H2,(H,20,21)/t9-,17+/m1/s1. The van der Waals surface area contributed by atoms with E-state index in [-0.39, 0.29) is 30.1 Å². The molecule has 3 N–H and O–H groups in total. The van der Waals surface area contributed by atoms with Gasteiger partial charge in [0, 0.05) is 24.8 Å². The van der Waals surface area contributed by atoms with Gasteiger partial charge < -0.3 is 19.8 Å². The number of fused-ring (bicyclic) bond motifs is 2. The molecule has 0 aromatic carbocycles. The van der Waals surface area contributed by atoms with Crippen LogP contribution in [0.1, 0.15) is 6.42 Å². The van der Waals surface area contributed by atoms with E-state index in [2.05, 4.69) is 30.9 Å². The first kappa shape index (κ1) is 17.1. The number of nitrogens with zero attached hydrogens (tertiary/aromatic N) is 4. The molecule has 0 saturated heterocycles. The molecule has 4 aromatic heterocycles. The highest BCUT2D eigenvalue weighted by molar-refractivity contribution is 9.11. The molecule has 1 fully saturated rings. The highest BCUT2D eigenvalue weighted by Gasteiger charge is 2.53. The van der Waals surface area contributed by atoms with Crippen LogP contribution in [0.5, 0.6) is 0 Å². The molecule has 0 aliphatic heterocycles. The Morgan fingerprint density at radius 2 is 2.26 bits per heavy atom. The van der Waals surface area contributed by atoms with Crippen LogP contribution in [0.2, 0.25) is 0 Å². The molecule has 1 saturated carbocycles. The average molecular weight is 450 g/mol. The monoisotopic (exact) mass is 449 g/mol. The van der Waals surface area contributed by atoms with Crippen molar-refractivity contribution >= 4 is 44.2 Å². The van der Waals surface area contributed by atoms with Crippen LogP contribution in [0.15, 0.2) is 33.2 Å². The summed E-state index contributed by atoms with van der Waals surface area (Å²) in [6, 6.07) is 3.92. The van der Waals surface area contributed by atoms with Gasteiger partial charge in [0.2, 0.25) is 5.78 Å². The first-order valence-electron chi connectivity index (χ1n) is 8.48. The highest BCUT2D eigenvalue weighted by Crippen LogP contribution is 2.53. The Hall–Kier alpha value is -2.01. The summed E-state index contributed by atoms with van der Waals surface area (Å²) in [5, 5.41) is 19.1. The van der Waals surface area contributed by atoms with Crippen LogP contribution in [0.4, 0.5) is 0 Å². The molecule has 27 heavy (non-hydrogen) atoms. The Morgan fingerprint density at radius 1 is 1.41 bits per heavy atom. The lowest BCUT2D eigenvalue weighted by Crippen LogP contribution is -2.20. The van der Waals surface area contributed by atoms with Crippen molar-refractivity contribution in [3.05, 3.63) is 38.8 Å². The van der Waals surface area contributed by atoms with Crippen molar-refractivity contribution in [2.24, 2.45) is 11.3 Å². The summed E-state index contributed by atoms with van der Waals surface area (Å²) in [6.07, 6.45) is 4.07. The van der Waals surface area contributed by atoms with Crippen LogP contribution >= 0.6 is 27.3 Å². The Balaban J connectivity index is 1.62. The number of hydrogen-bond donors (Lipinski definition) is 3. The third-order valence-corrected chi connectivity index (χ3v) is 7.05. The molecule has 2 atom stereocenters. The van der Waals surface area contributed by atoms with Gasteiger partial charge in [-0.3, -0.25) is 4.79 Å². The van der Waals surface area contributed by atoms with Gasteiger partial charge in [-0.15, -0.1) is 11.3 Å². The van der Waals surface area contributed by atoms with E-state index in [1.807, 2.05) is 12.1 Å². The van der Waals surface area contributed by atoms with Crippen molar-refractivity contribution < 1.29 is 10.2 Å². The fourth-order valence-corrected chi connectivity index (χ4v) is 5.02. The summed E-state index contributed by atoms with van der Waals surface area (Å²) >= 11 is 5.01. The second-order valence-electron chi connectivity index (χ2n) is 7.03. The molecule has 0 spiro atoms. The SMILES string of the molecule is O=c1c2ncn(C[C@]3(CO)C[C@@H]3CO)c2nc2[nH]c(-c3ccc(Br)s3)cn12. The smallest absolute Gasteiger partial charge is 0.287 e. The normalized spacial score (nSPS) is 22.1. The number of H-pyrrole nitrogens is 1. The molecule has 10 heteroatoms. The minimum atomic E-state index is -0.362. The second kappa shape index (κ2) is 5.99. The molecule has 1 aliphatic rings. The molecular formula is C17H16BrN5O3S. The third kappa shape index (κ3) is 2.59. The van der Waals surface area contributed by atoms with Gasteiger partial charge in [-0.25, -0.2) is 9.38 Å². The minimum absolute atomic E-state index is 0.0148. The summed E-state index contributed by atoms with van der Waals surface area (Å²) in [4.78, 5) is 25.9. The van der Waals surface area contributed by atoms with Crippen molar-refractivity contribution in [1.29, 1.82) is 0 Å². The molecular weight excluding hydrogens is 434 g/mol. The van der Waals surface area contributed by atoms with Crippen LogP contribution in [0.3, 0.4) is 0 Å². The first-order chi connectivity index (χ1) is 13.0. The van der Waals surface area contributed by atoms with E-state index < -0.39 is 0 Å². The minimum Gasteiger partial charge on any atom is -0.396 e. The number of imidazole rings is 2. The molecule has 8 nitrogen and oxygen atoms in total. The molecule has 0 radical (unpaired) electrons. The van der Waals surface area contributed by atoms with Gasteiger partial charge in [0.05, 0.1) is 27.3 Å². The first-order valence-corrected chi connectivity index (χ1v) is 10.1. The van der Waals surface area contributed by atoms with Crippen molar-refractivity contribution in [3.8, 4) is 10.6 Å². The maximum absolute atomic E-state index is 12.9. The topological polar surface area (TPSA) is 108 Å². The largest absolute Gasteiger partial charge is 0.396 e.